The van der Waals surface area contributed by atoms with Gasteiger partial charge in [-0.1, -0.05) is 46.3 Å². The van der Waals surface area contributed by atoms with Crippen molar-refractivity contribution in [3.63, 3.8) is 0 Å². The molecule has 350 valence electrons. The third-order valence-electron chi connectivity index (χ3n) is 16.6. The molecular weight excluding hydrogens is 796 g/mol. The minimum absolute atomic E-state index is 0.0222. The fourth-order valence-corrected chi connectivity index (χ4v) is 12.9. The Balaban J connectivity index is 1.10. The lowest BCUT2D eigenvalue weighted by atomic mass is 9.47. The van der Waals surface area contributed by atoms with Gasteiger partial charge in [-0.25, -0.2) is 0 Å². The average Bonchev–Trinajstić information content (AvgIpc) is 3.68. The van der Waals surface area contributed by atoms with Crippen molar-refractivity contribution < 1.29 is 79.5 Å². The Labute approximate surface area is 359 Å². The van der Waals surface area contributed by atoms with Gasteiger partial charge in [0.2, 0.25) is 18.9 Å². The van der Waals surface area contributed by atoms with Crippen LogP contribution in [0.25, 0.3) is 0 Å². The van der Waals surface area contributed by atoms with E-state index in [0.29, 0.717) is 48.3 Å². The van der Waals surface area contributed by atoms with E-state index >= 15 is 0 Å². The van der Waals surface area contributed by atoms with Gasteiger partial charge in [-0.05, 0) is 105 Å². The second-order valence-electron chi connectivity index (χ2n) is 20.2. The maximum Gasteiger partial charge on any atom is 0.228 e. The van der Waals surface area contributed by atoms with Gasteiger partial charge in [0.05, 0.1) is 31.0 Å². The van der Waals surface area contributed by atoms with Crippen LogP contribution >= 0.6 is 0 Å². The fraction of sp³-hybridized carbons (Fsp3) is 0.911. The van der Waals surface area contributed by atoms with Gasteiger partial charge in [0, 0.05) is 25.4 Å². The van der Waals surface area contributed by atoms with Gasteiger partial charge in [0.1, 0.15) is 36.6 Å². The van der Waals surface area contributed by atoms with Crippen molar-refractivity contribution in [1.82, 2.24) is 0 Å². The van der Waals surface area contributed by atoms with Crippen molar-refractivity contribution in [2.75, 3.05) is 13.2 Å². The van der Waals surface area contributed by atoms with Crippen LogP contribution in [-0.2, 0) is 28.4 Å². The molecule has 16 heteroatoms. The van der Waals surface area contributed by atoms with Crippen LogP contribution in [0.2, 0.25) is 0 Å². The largest absolute Gasteiger partial charge is 0.460 e. The van der Waals surface area contributed by atoms with Crippen molar-refractivity contribution in [3.8, 4) is 0 Å². The van der Waals surface area contributed by atoms with E-state index in [0.717, 1.165) is 51.6 Å². The molecule has 10 N–H and O–H groups in total. The molecule has 3 heterocycles. The number of rotatable bonds is 14. The summed E-state index contributed by atoms with van der Waals surface area (Å²) in [6.07, 6.45) is -9.82. The van der Waals surface area contributed by atoms with Crippen molar-refractivity contribution in [2.24, 2.45) is 46.3 Å². The summed E-state index contributed by atoms with van der Waals surface area (Å²) in [5.74, 6) is 0.945. The van der Waals surface area contributed by atoms with Crippen molar-refractivity contribution in [1.29, 1.82) is 0 Å². The highest BCUT2D eigenvalue weighted by Crippen LogP contribution is 2.70. The fourth-order valence-electron chi connectivity index (χ4n) is 12.9. The zero-order chi connectivity index (χ0) is 44.3. The molecule has 0 amide bonds. The molecule has 0 bridgehead atoms. The minimum Gasteiger partial charge on any atom is -0.460 e. The van der Waals surface area contributed by atoms with Crippen LogP contribution in [0, 0.1) is 46.3 Å². The molecule has 7 rings (SSSR count). The first kappa shape index (κ1) is 47.5. The zero-order valence-electron chi connectivity index (χ0n) is 36.7. The smallest absolute Gasteiger partial charge is 0.228 e. The van der Waals surface area contributed by atoms with Crippen LogP contribution < -0.4 is 0 Å². The summed E-state index contributed by atoms with van der Waals surface area (Å²) in [5, 5.41) is 107. The summed E-state index contributed by atoms with van der Waals surface area (Å²) in [4.78, 5) is 0. The molecule has 3 aliphatic heterocycles. The van der Waals surface area contributed by atoms with E-state index in [9.17, 15) is 51.1 Å². The number of hydrogen-bond donors (Lipinski definition) is 10. The summed E-state index contributed by atoms with van der Waals surface area (Å²) in [6, 6.07) is 0. The summed E-state index contributed by atoms with van der Waals surface area (Å²) in [6.45, 7) is 12.6. The molecule has 7 aliphatic rings. The molecule has 0 aromatic heterocycles. The Kier molecular flexibility index (Phi) is 14.3. The van der Waals surface area contributed by atoms with Gasteiger partial charge >= 0.3 is 0 Å². The molecule has 6 fully saturated rings. The molecule has 17 unspecified atom stereocenters. The van der Waals surface area contributed by atoms with Gasteiger partial charge in [-0.2, -0.15) is 0 Å². The van der Waals surface area contributed by atoms with Gasteiger partial charge in [-0.15, -0.1) is 0 Å². The third kappa shape index (κ3) is 8.59. The predicted molar refractivity (Wildman–Crippen MR) is 216 cm³/mol. The monoisotopic (exact) mass is 870 g/mol. The number of allylic oxidation sites excluding steroid dienone is 1. The van der Waals surface area contributed by atoms with Gasteiger partial charge in [-0.3, -0.25) is 0 Å². The first-order valence-corrected chi connectivity index (χ1v) is 22.9. The van der Waals surface area contributed by atoms with E-state index in [1.54, 1.807) is 6.92 Å². The van der Waals surface area contributed by atoms with E-state index < -0.39 is 104 Å². The highest BCUT2D eigenvalue weighted by Gasteiger charge is 2.68. The molecule has 0 radical (unpaired) electrons. The molecule has 4 aliphatic carbocycles. The van der Waals surface area contributed by atoms with E-state index in [2.05, 4.69) is 33.8 Å². The molecule has 0 aromatic rings. The molecule has 1 spiro atoms. The van der Waals surface area contributed by atoms with Crippen LogP contribution in [0.3, 0.4) is 0 Å². The maximum atomic E-state index is 11.8. The van der Waals surface area contributed by atoms with Crippen LogP contribution in [0.1, 0.15) is 112 Å². The Morgan fingerprint density at radius 1 is 0.885 bits per heavy atom. The number of aliphatic hydroxyl groups excluding tert-OH is 10. The Bertz CT molecular complexity index is 1570. The predicted octanol–water partition coefficient (Wildman–Crippen LogP) is 1.68. The standard InChI is InChI=1S/C45H74O16/c1-7-29(47)34(50)36(52)40(54)59-39(38(30(48)13-17-46)60-42-37(53)35(51)33(49)23(4)57-42)41(55)58-25-11-14-43(5)24(18-25)8-9-26-27(43)12-15-44(6)28(26)19-31-32(44)22(3)45(61-31)16-10-21(2)20-56-45/h8,21-23,25-37,40-42,46-55H,7,9-20H2,1-6H3/b39-38-/t21-,22+,23?,25+,26?,27?,28?,29?,30?,31?,32?,33?,34?,35?,36?,37?,40?,41?,42?,43+,44+,45?/m1/s1. The van der Waals surface area contributed by atoms with Crippen LogP contribution in [0.5, 0.6) is 0 Å². The van der Waals surface area contributed by atoms with E-state index in [4.69, 9.17) is 28.4 Å². The van der Waals surface area contributed by atoms with E-state index in [1.165, 1.54) is 12.5 Å². The van der Waals surface area contributed by atoms with E-state index in [1.807, 2.05) is 0 Å². The first-order chi connectivity index (χ1) is 28.8. The second kappa shape index (κ2) is 18.4. The lowest BCUT2D eigenvalue weighted by Crippen LogP contribution is -2.57. The highest BCUT2D eigenvalue weighted by molar-refractivity contribution is 5.27. The molecule has 3 saturated heterocycles. The number of hydrogen-bond acceptors (Lipinski definition) is 16. The lowest BCUT2D eigenvalue weighted by Gasteiger charge is -2.58. The quantitative estimate of drug-likeness (QED) is 0.0677. The minimum atomic E-state index is -2.31. The van der Waals surface area contributed by atoms with Crippen molar-refractivity contribution >= 4 is 0 Å². The zero-order valence-corrected chi connectivity index (χ0v) is 36.7. The molecular formula is C45H74O16. The summed E-state index contributed by atoms with van der Waals surface area (Å²) < 4.78 is 36.8. The topological polar surface area (TPSA) is 258 Å². The molecule has 61 heavy (non-hydrogen) atoms. The molecule has 16 nitrogen and oxygen atoms in total. The van der Waals surface area contributed by atoms with Gasteiger partial charge in [0.15, 0.2) is 17.3 Å². The normalized spacial score (nSPS) is 46.8. The molecule has 0 aromatic carbocycles. The Morgan fingerprint density at radius 3 is 2.30 bits per heavy atom. The lowest BCUT2D eigenvalue weighted by molar-refractivity contribution is -0.289. The van der Waals surface area contributed by atoms with Crippen LogP contribution in [0.4, 0.5) is 0 Å². The summed E-state index contributed by atoms with van der Waals surface area (Å²) in [5.41, 5.74) is 1.30. The number of fused-ring (bicyclic) bond motifs is 7. The van der Waals surface area contributed by atoms with Crippen molar-refractivity contribution in [2.45, 2.75) is 198 Å². The second-order valence-corrected chi connectivity index (χ2v) is 20.2. The molecule has 3 saturated carbocycles. The Hall–Kier alpha value is -1.48. The average molecular weight is 871 g/mol. The molecule has 22 atom stereocenters. The van der Waals surface area contributed by atoms with Crippen molar-refractivity contribution in [3.05, 3.63) is 23.2 Å². The van der Waals surface area contributed by atoms with Gasteiger partial charge in [0.25, 0.3) is 0 Å². The summed E-state index contributed by atoms with van der Waals surface area (Å²) >= 11 is 0. The number of aliphatic hydroxyl groups is 10. The summed E-state index contributed by atoms with van der Waals surface area (Å²) in [7, 11) is 0. The SMILES string of the molecule is CCC(O)C(O)C(O)C(O)O/C(=C(\OC1OC(C)C(O)C(O)C1O)C(O)CCO)C(O)O[C@H]1CC[C@@]2(C)C(=CCC3C4CC5OC6(CC[C@@H](C)CO6)[C@@H](C)C5[C@@]4(C)CCC32)C1. The van der Waals surface area contributed by atoms with Crippen LogP contribution in [0.15, 0.2) is 23.2 Å². The number of ether oxygens (including phenoxy) is 6. The van der Waals surface area contributed by atoms with Gasteiger partial charge < -0.3 is 79.5 Å². The first-order valence-electron chi connectivity index (χ1n) is 22.9. The Morgan fingerprint density at radius 2 is 1.62 bits per heavy atom. The third-order valence-corrected chi connectivity index (χ3v) is 16.6. The van der Waals surface area contributed by atoms with E-state index in [-0.39, 0.29) is 23.4 Å². The maximum absolute atomic E-state index is 11.8. The van der Waals surface area contributed by atoms with Crippen LogP contribution in [-0.4, -0.2) is 150 Å². The highest BCUT2D eigenvalue weighted by atomic mass is 16.7.